The summed E-state index contributed by atoms with van der Waals surface area (Å²) in [6.07, 6.45) is 3.53. The Morgan fingerprint density at radius 1 is 1.27 bits per heavy atom. The van der Waals surface area contributed by atoms with Gasteiger partial charge in [0.1, 0.15) is 6.04 Å². The molecule has 1 fully saturated rings. The van der Waals surface area contributed by atoms with Crippen molar-refractivity contribution in [2.45, 2.75) is 38.3 Å². The van der Waals surface area contributed by atoms with Crippen LogP contribution in [-0.4, -0.2) is 41.8 Å². The van der Waals surface area contributed by atoms with Crippen molar-refractivity contribution in [2.24, 2.45) is 0 Å². The highest BCUT2D eigenvalue weighted by molar-refractivity contribution is 6.32. The van der Waals surface area contributed by atoms with Gasteiger partial charge < -0.3 is 14.6 Å². The lowest BCUT2D eigenvalue weighted by Crippen LogP contribution is -2.43. The summed E-state index contributed by atoms with van der Waals surface area (Å²) in [5, 5.41) is 9.88. The third-order valence-electron chi connectivity index (χ3n) is 4.15. The summed E-state index contributed by atoms with van der Waals surface area (Å²) in [6.45, 7) is 2.56. The lowest BCUT2D eigenvalue weighted by atomic mass is 10.0. The number of piperidine rings is 1. The van der Waals surface area contributed by atoms with Crippen LogP contribution in [0.15, 0.2) is 12.1 Å². The number of rotatable bonds is 3. The molecule has 120 valence electrons. The molecule has 0 amide bonds. The fourth-order valence-corrected chi connectivity index (χ4v) is 3.36. The molecular weight excluding hydrogens is 306 g/mol. The van der Waals surface area contributed by atoms with Crippen LogP contribution in [0.25, 0.3) is 0 Å². The lowest BCUT2D eigenvalue weighted by molar-refractivity contribution is -0.144. The fourth-order valence-electron chi connectivity index (χ4n) is 3.07. The molecule has 0 bridgehead atoms. The molecule has 6 heteroatoms. The number of carbonyl (C=O) groups is 1. The molecule has 1 saturated heterocycles. The van der Waals surface area contributed by atoms with E-state index in [1.54, 1.807) is 0 Å². The molecule has 1 aromatic rings. The van der Waals surface area contributed by atoms with Crippen molar-refractivity contribution in [1.29, 1.82) is 0 Å². The van der Waals surface area contributed by atoms with Gasteiger partial charge in [-0.2, -0.15) is 0 Å². The Morgan fingerprint density at radius 3 is 2.91 bits per heavy atom. The van der Waals surface area contributed by atoms with Crippen LogP contribution in [0, 0.1) is 0 Å². The Morgan fingerprint density at radius 2 is 2.09 bits per heavy atom. The second kappa shape index (κ2) is 6.75. The number of aliphatic carboxylic acids is 1. The number of fused-ring (bicyclic) bond motifs is 1. The Kier molecular flexibility index (Phi) is 4.74. The standard InChI is InChI=1S/C16H20ClNO4/c17-12-8-11(9-14-15(12)22-7-3-6-21-14)10-18-5-2-1-4-13(18)16(19)20/h8-9,13H,1-7,10H2,(H,19,20). The number of likely N-dealkylation sites (tertiary alicyclic amines) is 1. The molecule has 2 aliphatic heterocycles. The van der Waals surface area contributed by atoms with Crippen LogP contribution in [0.1, 0.15) is 31.2 Å². The molecule has 3 rings (SSSR count). The van der Waals surface area contributed by atoms with Gasteiger partial charge in [-0.1, -0.05) is 18.0 Å². The maximum absolute atomic E-state index is 11.4. The highest BCUT2D eigenvalue weighted by Gasteiger charge is 2.28. The molecule has 0 spiro atoms. The molecule has 5 nitrogen and oxygen atoms in total. The normalized spacial score (nSPS) is 22.1. The average Bonchev–Trinajstić information content (AvgIpc) is 2.73. The predicted molar refractivity (Wildman–Crippen MR) is 82.7 cm³/mol. The van der Waals surface area contributed by atoms with Gasteiger partial charge in [-0.25, -0.2) is 0 Å². The van der Waals surface area contributed by atoms with Gasteiger partial charge in [0.15, 0.2) is 11.5 Å². The van der Waals surface area contributed by atoms with Gasteiger partial charge in [-0.05, 0) is 37.1 Å². The summed E-state index contributed by atoms with van der Waals surface area (Å²) in [4.78, 5) is 13.4. The van der Waals surface area contributed by atoms with Crippen LogP contribution in [0.5, 0.6) is 11.5 Å². The molecule has 1 N–H and O–H groups in total. The first-order chi connectivity index (χ1) is 10.6. The Balaban J connectivity index is 1.81. The molecule has 0 aromatic heterocycles. The van der Waals surface area contributed by atoms with Crippen molar-refractivity contribution in [3.05, 3.63) is 22.7 Å². The van der Waals surface area contributed by atoms with E-state index in [4.69, 9.17) is 21.1 Å². The van der Waals surface area contributed by atoms with Crippen LogP contribution in [0.4, 0.5) is 0 Å². The predicted octanol–water partition coefficient (Wildman–Crippen LogP) is 2.94. The SMILES string of the molecule is O=C(O)C1CCCCN1Cc1cc(Cl)c2c(c1)OCCCO2. The number of carboxylic acid groups (broad SMARTS) is 1. The van der Waals surface area contributed by atoms with Crippen molar-refractivity contribution in [2.75, 3.05) is 19.8 Å². The van der Waals surface area contributed by atoms with E-state index in [1.807, 2.05) is 17.0 Å². The van der Waals surface area contributed by atoms with Gasteiger partial charge in [0.25, 0.3) is 0 Å². The highest BCUT2D eigenvalue weighted by Crippen LogP contribution is 2.38. The molecule has 2 aliphatic rings. The van der Waals surface area contributed by atoms with E-state index in [9.17, 15) is 9.90 Å². The third-order valence-corrected chi connectivity index (χ3v) is 4.43. The van der Waals surface area contributed by atoms with Gasteiger partial charge in [-0.3, -0.25) is 9.69 Å². The van der Waals surface area contributed by atoms with Crippen molar-refractivity contribution in [1.82, 2.24) is 4.90 Å². The number of hydrogen-bond donors (Lipinski definition) is 1. The number of carboxylic acids is 1. The van der Waals surface area contributed by atoms with E-state index < -0.39 is 12.0 Å². The van der Waals surface area contributed by atoms with Gasteiger partial charge >= 0.3 is 5.97 Å². The van der Waals surface area contributed by atoms with E-state index in [1.165, 1.54) is 0 Å². The van der Waals surface area contributed by atoms with E-state index in [0.29, 0.717) is 42.7 Å². The van der Waals surface area contributed by atoms with E-state index in [0.717, 1.165) is 31.4 Å². The third kappa shape index (κ3) is 3.31. The highest BCUT2D eigenvalue weighted by atomic mass is 35.5. The summed E-state index contributed by atoms with van der Waals surface area (Å²) in [6, 6.07) is 3.35. The summed E-state index contributed by atoms with van der Waals surface area (Å²) < 4.78 is 11.3. The van der Waals surface area contributed by atoms with E-state index >= 15 is 0 Å². The van der Waals surface area contributed by atoms with Crippen LogP contribution in [0.3, 0.4) is 0 Å². The minimum absolute atomic E-state index is 0.413. The number of halogens is 1. The summed E-state index contributed by atoms with van der Waals surface area (Å²) in [5.74, 6) is 0.500. The maximum atomic E-state index is 11.4. The Hall–Kier alpha value is -1.46. The second-order valence-electron chi connectivity index (χ2n) is 5.78. The van der Waals surface area contributed by atoms with Gasteiger partial charge in [-0.15, -0.1) is 0 Å². The lowest BCUT2D eigenvalue weighted by Gasteiger charge is -2.33. The Bertz CT molecular complexity index is 563. The molecule has 22 heavy (non-hydrogen) atoms. The van der Waals surface area contributed by atoms with E-state index in [2.05, 4.69) is 0 Å². The van der Waals surface area contributed by atoms with Crippen LogP contribution in [-0.2, 0) is 11.3 Å². The van der Waals surface area contributed by atoms with Crippen molar-refractivity contribution in [3.8, 4) is 11.5 Å². The molecular formula is C16H20ClNO4. The average molecular weight is 326 g/mol. The summed E-state index contributed by atoms with van der Waals surface area (Å²) in [7, 11) is 0. The molecule has 0 radical (unpaired) electrons. The zero-order valence-corrected chi connectivity index (χ0v) is 13.1. The van der Waals surface area contributed by atoms with Gasteiger partial charge in [0.2, 0.25) is 0 Å². The summed E-state index contributed by atoms with van der Waals surface area (Å²) >= 11 is 6.30. The zero-order chi connectivity index (χ0) is 15.5. The van der Waals surface area contributed by atoms with E-state index in [-0.39, 0.29) is 0 Å². The van der Waals surface area contributed by atoms with Crippen LogP contribution >= 0.6 is 11.6 Å². The monoisotopic (exact) mass is 325 g/mol. The Labute approximate surface area is 134 Å². The molecule has 1 aromatic carbocycles. The molecule has 2 heterocycles. The van der Waals surface area contributed by atoms with Crippen molar-refractivity contribution >= 4 is 17.6 Å². The van der Waals surface area contributed by atoms with Crippen molar-refractivity contribution < 1.29 is 19.4 Å². The second-order valence-corrected chi connectivity index (χ2v) is 6.18. The first-order valence-corrected chi connectivity index (χ1v) is 8.08. The number of ether oxygens (including phenoxy) is 2. The topological polar surface area (TPSA) is 59.0 Å². The molecule has 1 unspecified atom stereocenters. The molecule has 0 aliphatic carbocycles. The van der Waals surface area contributed by atoms with Gasteiger partial charge in [0.05, 0.1) is 18.2 Å². The first kappa shape index (κ1) is 15.4. The minimum Gasteiger partial charge on any atom is -0.489 e. The number of benzene rings is 1. The molecule has 1 atom stereocenters. The largest absolute Gasteiger partial charge is 0.489 e. The van der Waals surface area contributed by atoms with Crippen molar-refractivity contribution in [3.63, 3.8) is 0 Å². The molecule has 0 saturated carbocycles. The summed E-state index contributed by atoms with van der Waals surface area (Å²) in [5.41, 5.74) is 0.961. The van der Waals surface area contributed by atoms with Gasteiger partial charge in [0, 0.05) is 13.0 Å². The number of nitrogens with zero attached hydrogens (tertiary/aromatic N) is 1. The minimum atomic E-state index is -0.750. The smallest absolute Gasteiger partial charge is 0.320 e. The number of hydrogen-bond acceptors (Lipinski definition) is 4. The quantitative estimate of drug-likeness (QED) is 0.926. The maximum Gasteiger partial charge on any atom is 0.320 e. The first-order valence-electron chi connectivity index (χ1n) is 7.70. The van der Waals surface area contributed by atoms with Crippen LogP contribution < -0.4 is 9.47 Å². The fraction of sp³-hybridized carbons (Fsp3) is 0.562. The van der Waals surface area contributed by atoms with Crippen LogP contribution in [0.2, 0.25) is 5.02 Å². The zero-order valence-electron chi connectivity index (χ0n) is 12.4.